The van der Waals surface area contributed by atoms with Crippen molar-refractivity contribution in [2.75, 3.05) is 45.9 Å². The quantitative estimate of drug-likeness (QED) is 0.0963. The number of carbonyl (C=O) groups is 3. The molecule has 0 spiro atoms. The molecule has 1 aromatic heterocycles. The standard InChI is InChI=1S/C44H46N4O6S/c1-29-5-8-31(9-6-29)42-41(37-16-10-33(49)27-39(37)55-42)54-35-13-11-34(12-14-35)53-25-24-47-22-20-46(21-23-47)19-3-2-4-30-7-15-36-32(26-30)28-48(44(36)52)38-17-18-40(50)45-43(38)51/h5-16,26-27,38,49H,2-4,17-25,28H2,1H3,(H,45,50,51). The predicted molar refractivity (Wildman–Crippen MR) is 214 cm³/mol. The number of nitrogens with one attached hydrogen (secondary N) is 1. The maximum atomic E-state index is 13.0. The molecule has 2 saturated heterocycles. The van der Waals surface area contributed by atoms with E-state index < -0.39 is 6.04 Å². The molecule has 5 aromatic rings. The van der Waals surface area contributed by atoms with Gasteiger partial charge >= 0.3 is 0 Å². The molecule has 0 bridgehead atoms. The molecule has 1 atom stereocenters. The Hall–Kier alpha value is -5.23. The number of amides is 3. The number of nitrogens with zero attached hydrogens (tertiary/aromatic N) is 3. The van der Waals surface area contributed by atoms with Crippen LogP contribution in [-0.4, -0.2) is 89.4 Å². The summed E-state index contributed by atoms with van der Waals surface area (Å²) < 4.78 is 13.6. The lowest BCUT2D eigenvalue weighted by Gasteiger charge is -2.34. The summed E-state index contributed by atoms with van der Waals surface area (Å²) in [6, 6.07) is 27.1. The Labute approximate surface area is 325 Å². The van der Waals surface area contributed by atoms with Crippen LogP contribution in [0.3, 0.4) is 0 Å². The normalized spacial score (nSPS) is 17.8. The van der Waals surface area contributed by atoms with Gasteiger partial charge < -0.3 is 24.4 Å². The lowest BCUT2D eigenvalue weighted by molar-refractivity contribution is -0.136. The highest BCUT2D eigenvalue weighted by Gasteiger charge is 2.39. The Bertz CT molecular complexity index is 2190. The Kier molecular flexibility index (Phi) is 10.8. The first-order chi connectivity index (χ1) is 26.8. The molecule has 0 radical (unpaired) electrons. The molecule has 3 aliphatic heterocycles. The van der Waals surface area contributed by atoms with Gasteiger partial charge in [0.05, 0.1) is 4.88 Å². The van der Waals surface area contributed by atoms with E-state index in [-0.39, 0.29) is 29.9 Å². The second-order valence-corrected chi connectivity index (χ2v) is 15.8. The molecule has 11 heteroatoms. The molecule has 3 aliphatic rings. The minimum Gasteiger partial charge on any atom is -0.508 e. The van der Waals surface area contributed by atoms with E-state index in [9.17, 15) is 19.5 Å². The smallest absolute Gasteiger partial charge is 0.255 e. The number of ether oxygens (including phenoxy) is 2. The summed E-state index contributed by atoms with van der Waals surface area (Å²) in [4.78, 5) is 44.5. The summed E-state index contributed by atoms with van der Waals surface area (Å²) >= 11 is 1.61. The fourth-order valence-electron chi connectivity index (χ4n) is 7.76. The molecule has 2 N–H and O–H groups in total. The van der Waals surface area contributed by atoms with Gasteiger partial charge in [0, 0.05) is 61.3 Å². The maximum Gasteiger partial charge on any atom is 0.255 e. The molecule has 284 valence electrons. The van der Waals surface area contributed by atoms with Gasteiger partial charge in [-0.3, -0.25) is 24.6 Å². The van der Waals surface area contributed by atoms with Crippen LogP contribution in [0.1, 0.15) is 52.7 Å². The zero-order chi connectivity index (χ0) is 37.9. The molecule has 2 fully saturated rings. The highest BCUT2D eigenvalue weighted by atomic mass is 32.1. The summed E-state index contributed by atoms with van der Waals surface area (Å²) in [5.74, 6) is 1.80. The molecule has 1 unspecified atom stereocenters. The summed E-state index contributed by atoms with van der Waals surface area (Å²) in [5.41, 5.74) is 5.13. The minimum absolute atomic E-state index is 0.123. The van der Waals surface area contributed by atoms with Crippen LogP contribution >= 0.6 is 11.3 Å². The van der Waals surface area contributed by atoms with E-state index in [1.807, 2.05) is 42.5 Å². The van der Waals surface area contributed by atoms with Crippen molar-refractivity contribution < 1.29 is 29.0 Å². The lowest BCUT2D eigenvalue weighted by Crippen LogP contribution is -2.52. The largest absolute Gasteiger partial charge is 0.508 e. The number of thiophene rings is 1. The van der Waals surface area contributed by atoms with Crippen LogP contribution in [0.25, 0.3) is 20.5 Å². The molecule has 0 aliphatic carbocycles. The van der Waals surface area contributed by atoms with Crippen molar-refractivity contribution >= 4 is 39.1 Å². The molecule has 4 heterocycles. The van der Waals surface area contributed by atoms with Crippen LogP contribution in [0.5, 0.6) is 23.0 Å². The van der Waals surface area contributed by atoms with Gasteiger partial charge in [-0.15, -0.1) is 11.3 Å². The highest BCUT2D eigenvalue weighted by molar-refractivity contribution is 7.22. The molecule has 8 rings (SSSR count). The number of aromatic hydroxyl groups is 1. The number of aryl methyl sites for hydroxylation is 2. The number of benzene rings is 4. The average Bonchev–Trinajstić information content (AvgIpc) is 3.70. The van der Waals surface area contributed by atoms with Crippen LogP contribution in [0, 0.1) is 6.92 Å². The van der Waals surface area contributed by atoms with Crippen LogP contribution in [0.4, 0.5) is 0 Å². The van der Waals surface area contributed by atoms with E-state index in [1.54, 1.807) is 28.4 Å². The number of piperidine rings is 1. The number of piperazine rings is 1. The van der Waals surface area contributed by atoms with Crippen molar-refractivity contribution in [2.45, 2.75) is 51.6 Å². The van der Waals surface area contributed by atoms with E-state index in [0.29, 0.717) is 25.1 Å². The van der Waals surface area contributed by atoms with E-state index in [2.05, 4.69) is 52.4 Å². The average molecular weight is 759 g/mol. The van der Waals surface area contributed by atoms with Crippen LogP contribution in [0.2, 0.25) is 0 Å². The monoisotopic (exact) mass is 758 g/mol. The number of imide groups is 1. The summed E-state index contributed by atoms with van der Waals surface area (Å²) in [6.07, 6.45) is 3.78. The Balaban J connectivity index is 0.750. The van der Waals surface area contributed by atoms with Gasteiger partial charge in [-0.2, -0.15) is 0 Å². The first-order valence-electron chi connectivity index (χ1n) is 19.2. The van der Waals surface area contributed by atoms with Crippen molar-refractivity contribution in [3.63, 3.8) is 0 Å². The Morgan fingerprint density at radius 3 is 2.35 bits per heavy atom. The summed E-state index contributed by atoms with van der Waals surface area (Å²) in [5, 5.41) is 13.4. The number of phenolic OH excluding ortho intramolecular Hbond substituents is 1. The third-order valence-electron chi connectivity index (χ3n) is 10.9. The van der Waals surface area contributed by atoms with Gasteiger partial charge in [0.25, 0.3) is 5.91 Å². The third kappa shape index (κ3) is 8.39. The molecule has 3 amide bonds. The van der Waals surface area contributed by atoms with Crippen molar-refractivity contribution in [1.29, 1.82) is 0 Å². The number of carbonyl (C=O) groups excluding carboxylic acids is 3. The van der Waals surface area contributed by atoms with Gasteiger partial charge in [0.15, 0.2) is 5.75 Å². The first kappa shape index (κ1) is 36.7. The van der Waals surface area contributed by atoms with Crippen LogP contribution in [-0.2, 0) is 22.6 Å². The van der Waals surface area contributed by atoms with E-state index in [4.69, 9.17) is 9.47 Å². The zero-order valence-corrected chi connectivity index (χ0v) is 31.9. The Morgan fingerprint density at radius 2 is 1.58 bits per heavy atom. The van der Waals surface area contributed by atoms with Gasteiger partial charge in [-0.05, 0) is 104 Å². The lowest BCUT2D eigenvalue weighted by atomic mass is 10.0. The minimum atomic E-state index is -0.579. The number of rotatable bonds is 13. The zero-order valence-electron chi connectivity index (χ0n) is 31.1. The maximum absolute atomic E-state index is 13.0. The number of unbranched alkanes of at least 4 members (excludes halogenated alkanes) is 1. The van der Waals surface area contributed by atoms with Crippen LogP contribution in [0.15, 0.2) is 84.9 Å². The topological polar surface area (TPSA) is 112 Å². The second-order valence-electron chi connectivity index (χ2n) is 14.8. The summed E-state index contributed by atoms with van der Waals surface area (Å²) in [7, 11) is 0. The van der Waals surface area contributed by atoms with Gasteiger partial charge in [-0.1, -0.05) is 42.0 Å². The van der Waals surface area contributed by atoms with Gasteiger partial charge in [0.2, 0.25) is 11.8 Å². The number of phenols is 1. The van der Waals surface area contributed by atoms with Crippen LogP contribution < -0.4 is 14.8 Å². The first-order valence-corrected chi connectivity index (χ1v) is 20.0. The Morgan fingerprint density at radius 1 is 0.836 bits per heavy atom. The van der Waals surface area contributed by atoms with Crippen molar-refractivity contribution in [3.8, 4) is 33.4 Å². The van der Waals surface area contributed by atoms with Gasteiger partial charge in [-0.25, -0.2) is 0 Å². The highest BCUT2D eigenvalue weighted by Crippen LogP contribution is 2.47. The fraction of sp³-hybridized carbons (Fsp3) is 0.341. The van der Waals surface area contributed by atoms with Crippen molar-refractivity contribution in [1.82, 2.24) is 20.0 Å². The van der Waals surface area contributed by atoms with Crippen molar-refractivity contribution in [2.24, 2.45) is 0 Å². The van der Waals surface area contributed by atoms with E-state index >= 15 is 0 Å². The number of hydrogen-bond acceptors (Lipinski definition) is 9. The SMILES string of the molecule is Cc1ccc(-c2sc3cc(O)ccc3c2Oc2ccc(OCCN3CCN(CCCCc4ccc5c(c4)CN(C4CCC(=O)NC4=O)C5=O)CC3)cc2)cc1. The molecular formula is C44H46N4O6S. The van der Waals surface area contributed by atoms with Gasteiger partial charge in [0.1, 0.15) is 29.9 Å². The molecule has 55 heavy (non-hydrogen) atoms. The van der Waals surface area contributed by atoms with Crippen molar-refractivity contribution in [3.05, 3.63) is 107 Å². The summed E-state index contributed by atoms with van der Waals surface area (Å²) in [6.45, 7) is 9.20. The number of hydrogen-bond donors (Lipinski definition) is 2. The molecule has 4 aromatic carbocycles. The molecular weight excluding hydrogens is 713 g/mol. The predicted octanol–water partition coefficient (Wildman–Crippen LogP) is 7.15. The third-order valence-corrected chi connectivity index (χ3v) is 12.1. The van der Waals surface area contributed by atoms with E-state index in [0.717, 1.165) is 102 Å². The second kappa shape index (κ2) is 16.2. The number of fused-ring (bicyclic) bond motifs is 2. The molecule has 0 saturated carbocycles. The van der Waals surface area contributed by atoms with E-state index in [1.165, 1.54) is 11.1 Å². The fourth-order valence-corrected chi connectivity index (χ4v) is 8.93. The molecule has 10 nitrogen and oxygen atoms in total.